The minimum Gasteiger partial charge on any atom is -0.372 e. The second-order valence-corrected chi connectivity index (χ2v) is 8.10. The van der Waals surface area contributed by atoms with Crippen LogP contribution in [0, 0.1) is 6.92 Å². The predicted molar refractivity (Wildman–Crippen MR) is 131 cm³/mol. The molecule has 0 aromatic heterocycles. The highest BCUT2D eigenvalue weighted by molar-refractivity contribution is 5.99. The van der Waals surface area contributed by atoms with E-state index in [-0.39, 0.29) is 0 Å². The number of fused-ring (bicyclic) bond motifs is 1. The van der Waals surface area contributed by atoms with Crippen molar-refractivity contribution >= 4 is 39.2 Å². The third-order valence-electron chi connectivity index (χ3n) is 5.78. The zero-order chi connectivity index (χ0) is 21.8. The van der Waals surface area contributed by atoms with Gasteiger partial charge < -0.3 is 4.90 Å². The molecule has 4 aromatic carbocycles. The first-order valence-electron chi connectivity index (χ1n) is 11.0. The summed E-state index contributed by atoms with van der Waals surface area (Å²) in [5.74, 6) is 0. The molecule has 0 N–H and O–H groups in total. The van der Waals surface area contributed by atoms with Gasteiger partial charge in [0.2, 0.25) is 0 Å². The quantitative estimate of drug-likeness (QED) is 0.299. The zero-order valence-corrected chi connectivity index (χ0v) is 18.1. The Morgan fingerprint density at radius 1 is 0.562 bits per heavy atom. The topological polar surface area (TPSA) is 52.7 Å². The standard InChI is InChI=1S/C27H25N5/c1-20-8-10-21(11-9-20)28-30-26-16-17-27(25-7-3-2-6-24(25)26)31-29-22-12-14-23(15-13-22)32-18-4-5-19-32/h2-3,6-17H,4-5,18-19H2,1H3. The van der Waals surface area contributed by atoms with Gasteiger partial charge in [-0.1, -0.05) is 42.0 Å². The Morgan fingerprint density at radius 2 is 1.06 bits per heavy atom. The SMILES string of the molecule is Cc1ccc(N=Nc2ccc(N=Nc3ccc(N4CCCC4)cc3)c3ccccc23)cc1. The summed E-state index contributed by atoms with van der Waals surface area (Å²) < 4.78 is 0. The molecule has 4 aromatic rings. The first-order chi connectivity index (χ1) is 15.8. The van der Waals surface area contributed by atoms with E-state index < -0.39 is 0 Å². The van der Waals surface area contributed by atoms with E-state index in [9.17, 15) is 0 Å². The van der Waals surface area contributed by atoms with Crippen molar-refractivity contribution in [2.75, 3.05) is 18.0 Å². The lowest BCUT2D eigenvalue weighted by molar-refractivity contribution is 0.949. The van der Waals surface area contributed by atoms with E-state index in [0.29, 0.717) is 0 Å². The molecule has 0 spiro atoms. The van der Waals surface area contributed by atoms with Gasteiger partial charge in [-0.2, -0.15) is 10.2 Å². The Balaban J connectivity index is 1.40. The van der Waals surface area contributed by atoms with Crippen molar-refractivity contribution in [3.8, 4) is 0 Å². The van der Waals surface area contributed by atoms with Crippen LogP contribution in [0.15, 0.2) is 105 Å². The molecule has 0 saturated carbocycles. The van der Waals surface area contributed by atoms with Crippen molar-refractivity contribution in [2.24, 2.45) is 20.5 Å². The molecular formula is C27H25N5. The van der Waals surface area contributed by atoms with Gasteiger partial charge in [-0.3, -0.25) is 0 Å². The summed E-state index contributed by atoms with van der Waals surface area (Å²) in [6.07, 6.45) is 2.55. The van der Waals surface area contributed by atoms with Gasteiger partial charge in [0.15, 0.2) is 0 Å². The maximum Gasteiger partial charge on any atom is 0.0936 e. The molecule has 1 aliphatic rings. The third-order valence-corrected chi connectivity index (χ3v) is 5.78. The second-order valence-electron chi connectivity index (χ2n) is 8.10. The number of hydrogen-bond acceptors (Lipinski definition) is 5. The van der Waals surface area contributed by atoms with Crippen molar-refractivity contribution in [1.29, 1.82) is 0 Å². The summed E-state index contributed by atoms with van der Waals surface area (Å²) in [5.41, 5.74) is 5.78. The largest absolute Gasteiger partial charge is 0.372 e. The number of rotatable bonds is 5. The van der Waals surface area contributed by atoms with E-state index in [2.05, 4.69) is 44.4 Å². The minimum atomic E-state index is 0.815. The van der Waals surface area contributed by atoms with Crippen molar-refractivity contribution in [3.63, 3.8) is 0 Å². The van der Waals surface area contributed by atoms with Gasteiger partial charge in [0.25, 0.3) is 0 Å². The van der Waals surface area contributed by atoms with Crippen molar-refractivity contribution in [2.45, 2.75) is 19.8 Å². The lowest BCUT2D eigenvalue weighted by Crippen LogP contribution is -2.17. The van der Waals surface area contributed by atoms with E-state index >= 15 is 0 Å². The van der Waals surface area contributed by atoms with Gasteiger partial charge in [-0.25, -0.2) is 0 Å². The number of aryl methyl sites for hydroxylation is 1. The average molecular weight is 420 g/mol. The predicted octanol–water partition coefficient (Wildman–Crippen LogP) is 8.58. The fourth-order valence-corrected chi connectivity index (χ4v) is 3.98. The lowest BCUT2D eigenvalue weighted by atomic mass is 10.1. The van der Waals surface area contributed by atoms with Crippen LogP contribution in [0.5, 0.6) is 0 Å². The molecule has 32 heavy (non-hydrogen) atoms. The molecule has 1 saturated heterocycles. The first-order valence-corrected chi connectivity index (χ1v) is 11.0. The number of azo groups is 2. The number of benzene rings is 4. The van der Waals surface area contributed by atoms with Crippen LogP contribution in [0.2, 0.25) is 0 Å². The smallest absolute Gasteiger partial charge is 0.0936 e. The molecule has 1 fully saturated rings. The number of nitrogens with zero attached hydrogens (tertiary/aromatic N) is 5. The van der Waals surface area contributed by atoms with Gasteiger partial charge in [0.05, 0.1) is 22.7 Å². The third kappa shape index (κ3) is 4.42. The summed E-state index contributed by atoms with van der Waals surface area (Å²) in [6.45, 7) is 4.34. The molecule has 158 valence electrons. The molecule has 0 aliphatic carbocycles. The van der Waals surface area contributed by atoms with Crippen LogP contribution in [-0.4, -0.2) is 13.1 Å². The van der Waals surface area contributed by atoms with Crippen LogP contribution in [0.4, 0.5) is 28.4 Å². The average Bonchev–Trinajstić information content (AvgIpc) is 3.38. The second kappa shape index (κ2) is 9.10. The normalized spacial score (nSPS) is 14.2. The molecule has 0 bridgehead atoms. The molecule has 1 heterocycles. The van der Waals surface area contributed by atoms with Crippen molar-refractivity contribution < 1.29 is 0 Å². The molecule has 5 heteroatoms. The zero-order valence-electron chi connectivity index (χ0n) is 18.1. The van der Waals surface area contributed by atoms with E-state index in [1.807, 2.05) is 72.8 Å². The Bertz CT molecular complexity index is 1270. The molecule has 0 atom stereocenters. The molecular weight excluding hydrogens is 394 g/mol. The highest BCUT2D eigenvalue weighted by Crippen LogP contribution is 2.35. The van der Waals surface area contributed by atoms with Crippen LogP contribution >= 0.6 is 0 Å². The lowest BCUT2D eigenvalue weighted by Gasteiger charge is -2.17. The molecule has 0 amide bonds. The van der Waals surface area contributed by atoms with Crippen LogP contribution in [0.3, 0.4) is 0 Å². The molecule has 1 aliphatic heterocycles. The molecule has 0 unspecified atom stereocenters. The van der Waals surface area contributed by atoms with E-state index in [4.69, 9.17) is 0 Å². The highest BCUT2D eigenvalue weighted by atomic mass is 15.1. The fourth-order valence-electron chi connectivity index (χ4n) is 3.98. The Morgan fingerprint density at radius 3 is 1.59 bits per heavy atom. The summed E-state index contributed by atoms with van der Waals surface area (Å²) in [6, 6.07) is 28.3. The van der Waals surface area contributed by atoms with Crippen LogP contribution < -0.4 is 4.90 Å². The first kappa shape index (κ1) is 20.1. The van der Waals surface area contributed by atoms with Gasteiger partial charge in [0, 0.05) is 29.5 Å². The fraction of sp³-hybridized carbons (Fsp3) is 0.185. The van der Waals surface area contributed by atoms with E-state index in [0.717, 1.165) is 46.6 Å². The molecule has 0 radical (unpaired) electrons. The van der Waals surface area contributed by atoms with Crippen LogP contribution in [-0.2, 0) is 0 Å². The van der Waals surface area contributed by atoms with Crippen LogP contribution in [0.1, 0.15) is 18.4 Å². The van der Waals surface area contributed by atoms with E-state index in [1.165, 1.54) is 24.1 Å². The summed E-state index contributed by atoms with van der Waals surface area (Å²) >= 11 is 0. The van der Waals surface area contributed by atoms with Gasteiger partial charge in [-0.15, -0.1) is 10.2 Å². The monoisotopic (exact) mass is 419 g/mol. The summed E-state index contributed by atoms with van der Waals surface area (Å²) in [5, 5.41) is 19.9. The highest BCUT2D eigenvalue weighted by Gasteiger charge is 2.11. The molecule has 5 nitrogen and oxygen atoms in total. The van der Waals surface area contributed by atoms with Crippen LogP contribution in [0.25, 0.3) is 10.8 Å². The summed E-state index contributed by atoms with van der Waals surface area (Å²) in [7, 11) is 0. The minimum absolute atomic E-state index is 0.815. The van der Waals surface area contributed by atoms with Gasteiger partial charge in [0.1, 0.15) is 0 Å². The van der Waals surface area contributed by atoms with Gasteiger partial charge in [-0.05, 0) is 68.3 Å². The van der Waals surface area contributed by atoms with E-state index in [1.54, 1.807) is 0 Å². The van der Waals surface area contributed by atoms with Gasteiger partial charge >= 0.3 is 0 Å². The Kier molecular flexibility index (Phi) is 5.71. The molecule has 5 rings (SSSR count). The van der Waals surface area contributed by atoms with Crippen molar-refractivity contribution in [3.05, 3.63) is 90.5 Å². The summed E-state index contributed by atoms with van der Waals surface area (Å²) in [4.78, 5) is 2.41. The Hall–Kier alpha value is -3.86. The number of anilines is 1. The Labute approximate surface area is 188 Å². The maximum absolute atomic E-state index is 4.54. The number of hydrogen-bond donors (Lipinski definition) is 0. The maximum atomic E-state index is 4.54. The van der Waals surface area contributed by atoms with Crippen molar-refractivity contribution in [1.82, 2.24) is 0 Å².